The van der Waals surface area contributed by atoms with Gasteiger partial charge in [0.25, 0.3) is 5.56 Å². The zero-order valence-corrected chi connectivity index (χ0v) is 24.8. The summed E-state index contributed by atoms with van der Waals surface area (Å²) in [4.78, 5) is 48.5. The first-order valence-electron chi connectivity index (χ1n) is 13.0. The van der Waals surface area contributed by atoms with Gasteiger partial charge in [0, 0.05) is 14.2 Å². The summed E-state index contributed by atoms with van der Waals surface area (Å²) in [7, 11) is 2.73. The Bertz CT molecular complexity index is 1770. The Hall–Kier alpha value is -3.21. The van der Waals surface area contributed by atoms with Crippen molar-refractivity contribution in [3.63, 3.8) is 0 Å². The molecule has 0 saturated carbocycles. The fourth-order valence-electron chi connectivity index (χ4n) is 5.32. The molecular formula is C22H28N10O10PS-. The summed E-state index contributed by atoms with van der Waals surface area (Å²) in [6, 6.07) is 0. The Morgan fingerprint density at radius 1 is 1.02 bits per heavy atom. The third-order valence-electron chi connectivity index (χ3n) is 7.36. The summed E-state index contributed by atoms with van der Waals surface area (Å²) in [6.07, 6.45) is -4.49. The van der Waals surface area contributed by atoms with Crippen LogP contribution in [0.1, 0.15) is 12.5 Å². The van der Waals surface area contributed by atoms with Crippen LogP contribution in [0.5, 0.6) is 0 Å². The molecule has 2 fully saturated rings. The van der Waals surface area contributed by atoms with Gasteiger partial charge in [0.15, 0.2) is 35.1 Å². The van der Waals surface area contributed by atoms with Gasteiger partial charge in [0.05, 0.1) is 25.9 Å². The molecule has 0 aromatic carbocycles. The van der Waals surface area contributed by atoms with Gasteiger partial charge in [0.1, 0.15) is 55.2 Å². The molecule has 22 heteroatoms. The molecular weight excluding hydrogens is 627 g/mol. The van der Waals surface area contributed by atoms with Gasteiger partial charge in [-0.3, -0.25) is 18.9 Å². The first kappa shape index (κ1) is 30.8. The monoisotopic (exact) mass is 655 g/mol. The number of nitrogens with zero attached hydrogens (tertiary/aromatic N) is 7. The maximum absolute atomic E-state index is 13.4. The summed E-state index contributed by atoms with van der Waals surface area (Å²) in [5.41, 5.74) is 11.8. The van der Waals surface area contributed by atoms with E-state index in [0.29, 0.717) is 11.2 Å². The number of imidazole rings is 2. The molecule has 0 amide bonds. The van der Waals surface area contributed by atoms with Crippen molar-refractivity contribution in [3.05, 3.63) is 29.3 Å². The number of anilines is 2. The number of hydrogen-bond donors (Lipinski definition) is 5. The Morgan fingerprint density at radius 3 is 2.39 bits per heavy atom. The molecule has 4 aromatic heterocycles. The van der Waals surface area contributed by atoms with Gasteiger partial charge >= 0.3 is 0 Å². The smallest absolute Gasteiger partial charge is 0.280 e. The number of hydrogen-bond acceptors (Lipinski definition) is 18. The maximum Gasteiger partial charge on any atom is 0.280 e. The second-order valence-corrected chi connectivity index (χ2v) is 12.6. The summed E-state index contributed by atoms with van der Waals surface area (Å²) >= 11 is 5.16. The second-order valence-electron chi connectivity index (χ2n) is 9.88. The number of aromatic amines is 1. The van der Waals surface area contributed by atoms with Crippen LogP contribution in [0.15, 0.2) is 23.8 Å². The minimum absolute atomic E-state index is 0.0118. The number of nitrogens with two attached hydrogens (primary N) is 2. The van der Waals surface area contributed by atoms with Gasteiger partial charge in [-0.2, -0.15) is 4.98 Å². The highest BCUT2D eigenvalue weighted by Crippen LogP contribution is 2.47. The molecule has 6 heterocycles. The lowest BCUT2D eigenvalue weighted by Gasteiger charge is -2.34. The lowest BCUT2D eigenvalue weighted by molar-refractivity contribution is -0.218. The average molecular weight is 656 g/mol. The Morgan fingerprint density at radius 2 is 1.68 bits per heavy atom. The van der Waals surface area contributed by atoms with Gasteiger partial charge < -0.3 is 54.6 Å². The van der Waals surface area contributed by atoms with Gasteiger partial charge in [-0.25, -0.2) is 19.9 Å². The predicted octanol–water partition coefficient (Wildman–Crippen LogP) is -2.71. The largest absolute Gasteiger partial charge is 0.780 e. The average Bonchev–Trinajstić information content (AvgIpc) is 3.75. The van der Waals surface area contributed by atoms with E-state index < -0.39 is 74.6 Å². The molecule has 2 saturated heterocycles. The van der Waals surface area contributed by atoms with Crippen LogP contribution in [-0.4, -0.2) is 113 Å². The highest BCUT2D eigenvalue weighted by atomic mass is 32.5. The predicted molar refractivity (Wildman–Crippen MR) is 150 cm³/mol. The van der Waals surface area contributed by atoms with Crippen LogP contribution < -0.4 is 21.9 Å². The van der Waals surface area contributed by atoms with Gasteiger partial charge in [-0.15, -0.1) is 0 Å². The van der Waals surface area contributed by atoms with Crippen molar-refractivity contribution in [2.75, 3.05) is 38.9 Å². The van der Waals surface area contributed by atoms with Crippen LogP contribution in [0.3, 0.4) is 0 Å². The second kappa shape index (κ2) is 11.9. The van der Waals surface area contributed by atoms with Crippen molar-refractivity contribution in [2.24, 2.45) is 0 Å². The molecule has 4 aromatic rings. The van der Waals surface area contributed by atoms with Crippen LogP contribution in [0.2, 0.25) is 0 Å². The summed E-state index contributed by atoms with van der Waals surface area (Å²) in [5.74, 6) is 0.00775. The molecule has 2 aliphatic heterocycles. The van der Waals surface area contributed by atoms with E-state index in [1.807, 2.05) is 0 Å². The zero-order chi connectivity index (χ0) is 31.3. The number of fused-ring (bicyclic) bond motifs is 2. The fraction of sp³-hybridized carbons (Fsp3) is 0.545. The number of aromatic nitrogens is 8. The Balaban J connectivity index is 1.18. The topological polar surface area (TPSA) is 278 Å². The van der Waals surface area contributed by atoms with Crippen molar-refractivity contribution in [2.45, 2.75) is 49.1 Å². The third-order valence-corrected chi connectivity index (χ3v) is 8.90. The standard InChI is InChI=1S/C22H29N10O10PS/c1-37-14-12(34)9(41-20(14)31-6-27-10-16(23)25-5-26-17(10)31)4-39-43(36,44)42-13-8(3-33)40-21(15(13)38-2)32-7-28-11-18(32)29-22(24)30-19(11)35/h5-9,12-15,20-21,33-34H,3-4H2,1-2H3,(H,36,44)(H2,23,25,26)(H3,24,29,30,35)/p-1/t8-,9-,12?,13?,14+,15+,20-,21-,43?/m1/s1. The fourth-order valence-corrected chi connectivity index (χ4v) is 6.75. The number of nitrogens with one attached hydrogen (secondary N) is 1. The van der Waals surface area contributed by atoms with Crippen molar-refractivity contribution in [3.8, 4) is 0 Å². The van der Waals surface area contributed by atoms with E-state index in [1.165, 1.54) is 42.3 Å². The molecule has 7 N–H and O–H groups in total. The van der Waals surface area contributed by atoms with Crippen LogP contribution in [0, 0.1) is 0 Å². The highest BCUT2D eigenvalue weighted by molar-refractivity contribution is 8.06. The molecule has 0 bridgehead atoms. The van der Waals surface area contributed by atoms with Crippen molar-refractivity contribution in [1.29, 1.82) is 0 Å². The third kappa shape index (κ3) is 5.35. The van der Waals surface area contributed by atoms with E-state index in [9.17, 15) is 19.9 Å². The van der Waals surface area contributed by atoms with E-state index in [4.69, 9.17) is 51.3 Å². The highest BCUT2D eigenvalue weighted by Gasteiger charge is 2.49. The van der Waals surface area contributed by atoms with Gasteiger partial charge in [0.2, 0.25) is 5.95 Å². The molecule has 44 heavy (non-hydrogen) atoms. The van der Waals surface area contributed by atoms with E-state index in [2.05, 4.69) is 29.9 Å². The SMILES string of the molecule is CO[C@H]1C(O)[C@@H](COP([O-])(=S)OC2[C@@H](CO)O[C@@H](n3cnc4c(=O)[nH]c(N)nc43)[C@H]2OC)O[C@H]1n1cnc2c(N)ncnc21. The molecule has 0 aliphatic carbocycles. The van der Waals surface area contributed by atoms with Crippen LogP contribution >= 0.6 is 6.72 Å². The Labute approximate surface area is 252 Å². The van der Waals surface area contributed by atoms with Crippen LogP contribution in [-0.2, 0) is 39.8 Å². The zero-order valence-electron chi connectivity index (χ0n) is 23.1. The van der Waals surface area contributed by atoms with E-state index >= 15 is 0 Å². The Kier molecular flexibility index (Phi) is 8.36. The number of aliphatic hydroxyl groups excluding tert-OH is 2. The van der Waals surface area contributed by atoms with E-state index in [0.717, 1.165) is 0 Å². The van der Waals surface area contributed by atoms with Gasteiger partial charge in [-0.1, -0.05) is 11.8 Å². The number of methoxy groups -OCH3 is 2. The van der Waals surface area contributed by atoms with Crippen molar-refractivity contribution < 1.29 is 43.1 Å². The van der Waals surface area contributed by atoms with Crippen molar-refractivity contribution in [1.82, 2.24) is 39.0 Å². The minimum atomic E-state index is -4.33. The molecule has 2 aliphatic rings. The first-order valence-corrected chi connectivity index (χ1v) is 15.6. The minimum Gasteiger partial charge on any atom is -0.780 e. The van der Waals surface area contributed by atoms with E-state index in [1.54, 1.807) is 0 Å². The van der Waals surface area contributed by atoms with E-state index in [-0.39, 0.29) is 22.9 Å². The van der Waals surface area contributed by atoms with Gasteiger partial charge in [-0.05, 0) is 0 Å². The molecule has 0 spiro atoms. The summed E-state index contributed by atoms with van der Waals surface area (Å²) < 4.78 is 37.0. The molecule has 238 valence electrons. The summed E-state index contributed by atoms with van der Waals surface area (Å²) in [5, 5.41) is 21.0. The number of aliphatic hydroxyl groups is 2. The van der Waals surface area contributed by atoms with Crippen LogP contribution in [0.4, 0.5) is 11.8 Å². The molecule has 9 atom stereocenters. The maximum atomic E-state index is 13.4. The molecule has 0 radical (unpaired) electrons. The van der Waals surface area contributed by atoms with Crippen molar-refractivity contribution >= 4 is 52.6 Å². The normalized spacial score (nSPS) is 30.4. The van der Waals surface area contributed by atoms with Crippen LogP contribution in [0.25, 0.3) is 22.3 Å². The molecule has 3 unspecified atom stereocenters. The number of nitrogen functional groups attached to an aromatic ring is 2. The quantitative estimate of drug-likeness (QED) is 0.109. The number of rotatable bonds is 10. The summed E-state index contributed by atoms with van der Waals surface area (Å²) in [6.45, 7) is -5.37. The molecule has 20 nitrogen and oxygen atoms in total. The lowest BCUT2D eigenvalue weighted by atomic mass is 10.1. The molecule has 6 rings (SSSR count). The lowest BCUT2D eigenvalue weighted by Crippen LogP contribution is -2.39. The first-order chi connectivity index (χ1) is 21.1. The number of ether oxygens (including phenoxy) is 4. The number of H-pyrrole nitrogens is 1.